The first-order valence-corrected chi connectivity index (χ1v) is 11.8. The van der Waals surface area contributed by atoms with Crippen molar-refractivity contribution in [1.82, 2.24) is 4.90 Å². The average Bonchev–Trinajstić information content (AvgIpc) is 3.39. The van der Waals surface area contributed by atoms with Gasteiger partial charge in [-0.15, -0.1) is 0 Å². The molecule has 2 aromatic carbocycles. The molecule has 1 atom stereocenters. The number of rotatable bonds is 8. The van der Waals surface area contributed by atoms with E-state index in [1.807, 2.05) is 19.1 Å². The summed E-state index contributed by atoms with van der Waals surface area (Å²) in [4.78, 5) is 15.1. The molecule has 0 unspecified atom stereocenters. The fourth-order valence-electron chi connectivity index (χ4n) is 3.57. The second-order valence-electron chi connectivity index (χ2n) is 7.45. The lowest BCUT2D eigenvalue weighted by Gasteiger charge is -2.18. The molecule has 168 valence electrons. The maximum atomic E-state index is 13.9. The molecular weight excluding hydrogens is 449 g/mol. The van der Waals surface area contributed by atoms with E-state index in [2.05, 4.69) is 0 Å². The maximum Gasteiger partial charge on any atom is 0.266 e. The van der Waals surface area contributed by atoms with Crippen molar-refractivity contribution in [2.45, 2.75) is 32.5 Å². The third-order valence-corrected chi connectivity index (χ3v) is 6.57. The first-order valence-electron chi connectivity index (χ1n) is 10.5. The summed E-state index contributed by atoms with van der Waals surface area (Å²) in [6.45, 7) is 3.65. The molecule has 2 aromatic rings. The normalized spacial score (nSPS) is 19.8. The van der Waals surface area contributed by atoms with E-state index in [1.54, 1.807) is 35.2 Å². The highest BCUT2D eigenvalue weighted by Crippen LogP contribution is 2.35. The number of thioether (sulfide) groups is 1. The zero-order valence-corrected chi connectivity index (χ0v) is 19.3. The van der Waals surface area contributed by atoms with E-state index < -0.39 is 0 Å². The lowest BCUT2D eigenvalue weighted by Crippen LogP contribution is -2.35. The molecule has 5 nitrogen and oxygen atoms in total. The number of hydrogen-bond donors (Lipinski definition) is 0. The smallest absolute Gasteiger partial charge is 0.266 e. The summed E-state index contributed by atoms with van der Waals surface area (Å²) < 4.78 is 31.6. The lowest BCUT2D eigenvalue weighted by molar-refractivity contribution is -0.123. The fourth-order valence-corrected chi connectivity index (χ4v) is 4.85. The Labute approximate surface area is 196 Å². The first-order chi connectivity index (χ1) is 15.5. The molecule has 0 aliphatic carbocycles. The molecule has 2 fully saturated rings. The van der Waals surface area contributed by atoms with E-state index in [4.69, 9.17) is 26.4 Å². The van der Waals surface area contributed by atoms with Gasteiger partial charge in [0.15, 0.2) is 11.5 Å². The number of ether oxygens (including phenoxy) is 3. The van der Waals surface area contributed by atoms with Crippen molar-refractivity contribution < 1.29 is 23.4 Å². The Bertz CT molecular complexity index is 1040. The minimum Gasteiger partial charge on any atom is -0.490 e. The molecule has 0 bridgehead atoms. The zero-order valence-electron chi connectivity index (χ0n) is 17.7. The molecule has 0 N–H and O–H groups in total. The molecule has 32 heavy (non-hydrogen) atoms. The second-order valence-corrected chi connectivity index (χ2v) is 9.12. The minimum absolute atomic E-state index is 0.0484. The van der Waals surface area contributed by atoms with E-state index in [0.29, 0.717) is 39.4 Å². The van der Waals surface area contributed by atoms with E-state index in [-0.39, 0.29) is 24.4 Å². The number of carbonyl (C=O) groups is 1. The van der Waals surface area contributed by atoms with Crippen molar-refractivity contribution in [3.05, 3.63) is 64.3 Å². The van der Waals surface area contributed by atoms with Gasteiger partial charge in [0, 0.05) is 12.2 Å². The molecular formula is C24H24FNO4S2. The summed E-state index contributed by atoms with van der Waals surface area (Å²) in [5, 5.41) is 0. The third-order valence-electron chi connectivity index (χ3n) is 5.19. The molecule has 0 saturated carbocycles. The topological polar surface area (TPSA) is 48.0 Å². The van der Waals surface area contributed by atoms with Gasteiger partial charge in [0.1, 0.15) is 16.7 Å². The number of hydrogen-bond acceptors (Lipinski definition) is 6. The fraction of sp³-hybridized carbons (Fsp3) is 0.333. The Kier molecular flexibility index (Phi) is 7.44. The van der Waals surface area contributed by atoms with Crippen LogP contribution in [0.1, 0.15) is 30.9 Å². The summed E-state index contributed by atoms with van der Waals surface area (Å²) in [5.41, 5.74) is 1.26. The molecule has 2 aliphatic rings. The summed E-state index contributed by atoms with van der Waals surface area (Å²) >= 11 is 6.71. The van der Waals surface area contributed by atoms with Crippen LogP contribution in [-0.2, 0) is 16.1 Å². The van der Waals surface area contributed by atoms with Gasteiger partial charge in [-0.2, -0.15) is 0 Å². The first kappa shape index (κ1) is 22.8. The monoisotopic (exact) mass is 473 g/mol. The Morgan fingerprint density at radius 2 is 2.09 bits per heavy atom. The molecule has 1 amide bonds. The average molecular weight is 474 g/mol. The van der Waals surface area contributed by atoms with Crippen LogP contribution in [0.2, 0.25) is 0 Å². The largest absolute Gasteiger partial charge is 0.490 e. The van der Waals surface area contributed by atoms with Crippen LogP contribution in [0.4, 0.5) is 4.39 Å². The molecule has 8 heteroatoms. The van der Waals surface area contributed by atoms with Crippen LogP contribution in [0.5, 0.6) is 11.5 Å². The minimum atomic E-state index is -0.313. The number of thiocarbonyl (C=S) groups is 1. The van der Waals surface area contributed by atoms with Crippen LogP contribution in [0.3, 0.4) is 0 Å². The highest BCUT2D eigenvalue weighted by molar-refractivity contribution is 8.26. The van der Waals surface area contributed by atoms with Gasteiger partial charge in [0.05, 0.1) is 24.2 Å². The van der Waals surface area contributed by atoms with E-state index >= 15 is 0 Å². The van der Waals surface area contributed by atoms with Crippen molar-refractivity contribution in [2.75, 3.05) is 19.8 Å². The number of benzene rings is 2. The molecule has 0 aromatic heterocycles. The Balaban J connectivity index is 1.49. The Morgan fingerprint density at radius 3 is 2.84 bits per heavy atom. The Morgan fingerprint density at radius 1 is 1.25 bits per heavy atom. The quantitative estimate of drug-likeness (QED) is 0.389. The SMILES string of the molecule is CCOc1cc(/C=C2\SC(=S)N(C[C@@H]3CCCO3)C2=O)ccc1OCc1ccccc1F. The maximum absolute atomic E-state index is 13.9. The van der Waals surface area contributed by atoms with Gasteiger partial charge in [-0.3, -0.25) is 9.69 Å². The van der Waals surface area contributed by atoms with E-state index in [0.717, 1.165) is 25.0 Å². The van der Waals surface area contributed by atoms with Gasteiger partial charge in [0.25, 0.3) is 5.91 Å². The molecule has 0 radical (unpaired) electrons. The summed E-state index contributed by atoms with van der Waals surface area (Å²) in [6, 6.07) is 11.9. The van der Waals surface area contributed by atoms with Gasteiger partial charge in [-0.25, -0.2) is 4.39 Å². The third kappa shape index (κ3) is 5.31. The van der Waals surface area contributed by atoms with Crippen molar-refractivity contribution in [3.63, 3.8) is 0 Å². The van der Waals surface area contributed by atoms with Gasteiger partial charge >= 0.3 is 0 Å². The predicted octanol–water partition coefficient (Wildman–Crippen LogP) is 5.18. The van der Waals surface area contributed by atoms with Gasteiger partial charge < -0.3 is 14.2 Å². The van der Waals surface area contributed by atoms with Crippen LogP contribution in [0.25, 0.3) is 6.08 Å². The van der Waals surface area contributed by atoms with Crippen LogP contribution < -0.4 is 9.47 Å². The second kappa shape index (κ2) is 10.5. The Hall–Kier alpha value is -2.42. The van der Waals surface area contributed by atoms with Crippen molar-refractivity contribution in [2.24, 2.45) is 0 Å². The van der Waals surface area contributed by atoms with Crippen molar-refractivity contribution >= 4 is 40.3 Å². The highest BCUT2D eigenvalue weighted by Gasteiger charge is 2.34. The summed E-state index contributed by atoms with van der Waals surface area (Å²) in [7, 11) is 0. The highest BCUT2D eigenvalue weighted by atomic mass is 32.2. The standard InChI is InChI=1S/C24H24FNO4S2/c1-2-28-21-12-16(9-10-20(21)30-15-17-6-3-4-8-19(17)25)13-22-23(27)26(24(31)32-22)14-18-7-5-11-29-18/h3-4,6,8-10,12-13,18H,2,5,7,11,14-15H2,1H3/b22-13-/t18-/m0/s1. The van der Waals surface area contributed by atoms with E-state index in [9.17, 15) is 9.18 Å². The molecule has 2 aliphatic heterocycles. The van der Waals surface area contributed by atoms with Crippen LogP contribution >= 0.6 is 24.0 Å². The number of halogens is 1. The molecule has 2 saturated heterocycles. The van der Waals surface area contributed by atoms with Gasteiger partial charge in [-0.1, -0.05) is 48.2 Å². The summed E-state index contributed by atoms with van der Waals surface area (Å²) in [5.74, 6) is 0.631. The van der Waals surface area contributed by atoms with Gasteiger partial charge in [-0.05, 0) is 49.6 Å². The number of amides is 1. The predicted molar refractivity (Wildman–Crippen MR) is 127 cm³/mol. The van der Waals surface area contributed by atoms with Crippen LogP contribution in [0, 0.1) is 5.82 Å². The van der Waals surface area contributed by atoms with Gasteiger partial charge in [0.2, 0.25) is 0 Å². The van der Waals surface area contributed by atoms with Crippen molar-refractivity contribution in [1.29, 1.82) is 0 Å². The zero-order chi connectivity index (χ0) is 22.5. The van der Waals surface area contributed by atoms with Crippen LogP contribution in [0.15, 0.2) is 47.4 Å². The number of nitrogens with zero attached hydrogens (tertiary/aromatic N) is 1. The molecule has 2 heterocycles. The molecule has 0 spiro atoms. The summed E-state index contributed by atoms with van der Waals surface area (Å²) in [6.07, 6.45) is 3.81. The van der Waals surface area contributed by atoms with Crippen LogP contribution in [-0.4, -0.2) is 41.0 Å². The molecule has 4 rings (SSSR count). The number of carbonyl (C=O) groups excluding carboxylic acids is 1. The van der Waals surface area contributed by atoms with E-state index in [1.165, 1.54) is 17.8 Å². The lowest BCUT2D eigenvalue weighted by atomic mass is 10.1. The van der Waals surface area contributed by atoms with Crippen molar-refractivity contribution in [3.8, 4) is 11.5 Å².